The van der Waals surface area contributed by atoms with Gasteiger partial charge in [-0.25, -0.2) is 0 Å². The zero-order chi connectivity index (χ0) is 13.9. The molecule has 5 heteroatoms. The number of hydrogen-bond acceptors (Lipinski definition) is 4. The van der Waals surface area contributed by atoms with E-state index >= 15 is 0 Å². The van der Waals surface area contributed by atoms with Gasteiger partial charge in [0.15, 0.2) is 0 Å². The molecule has 0 aromatic carbocycles. The monoisotopic (exact) mass is 273 g/mol. The quantitative estimate of drug-likeness (QED) is 0.635. The van der Waals surface area contributed by atoms with Crippen LogP contribution in [0, 0.1) is 5.92 Å². The van der Waals surface area contributed by atoms with E-state index in [1.54, 1.807) is 14.2 Å². The molecule has 1 rings (SSSR count). The van der Waals surface area contributed by atoms with Gasteiger partial charge in [0, 0.05) is 46.9 Å². The van der Waals surface area contributed by atoms with Gasteiger partial charge < -0.3 is 19.1 Å². The van der Waals surface area contributed by atoms with Gasteiger partial charge in [-0.05, 0) is 25.2 Å². The van der Waals surface area contributed by atoms with Crippen molar-refractivity contribution in [2.75, 3.05) is 53.7 Å². The number of ether oxygens (including phenoxy) is 3. The van der Waals surface area contributed by atoms with E-state index in [9.17, 15) is 4.79 Å². The molecular weight excluding hydrogens is 246 g/mol. The molecule has 1 heterocycles. The minimum Gasteiger partial charge on any atom is -0.383 e. The molecule has 0 aliphatic carbocycles. The van der Waals surface area contributed by atoms with Gasteiger partial charge in [0.05, 0.1) is 13.2 Å². The van der Waals surface area contributed by atoms with Crippen LogP contribution in [0.2, 0.25) is 0 Å². The number of hydrogen-bond donors (Lipinski definition) is 0. The minimum atomic E-state index is 0.209. The lowest BCUT2D eigenvalue weighted by Crippen LogP contribution is -2.36. The Morgan fingerprint density at radius 2 is 1.74 bits per heavy atom. The predicted octanol–water partition coefficient (Wildman–Crippen LogP) is 1.31. The molecule has 0 aromatic heterocycles. The molecule has 0 spiro atoms. The molecule has 19 heavy (non-hydrogen) atoms. The molecule has 0 aromatic rings. The highest BCUT2D eigenvalue weighted by Gasteiger charge is 2.18. The molecule has 1 aliphatic heterocycles. The lowest BCUT2D eigenvalue weighted by Gasteiger charge is -2.25. The Kier molecular flexibility index (Phi) is 8.79. The first-order valence-electron chi connectivity index (χ1n) is 7.11. The highest BCUT2D eigenvalue weighted by Crippen LogP contribution is 2.20. The first kappa shape index (κ1) is 16.4. The van der Waals surface area contributed by atoms with Crippen molar-refractivity contribution >= 4 is 5.91 Å². The highest BCUT2D eigenvalue weighted by molar-refractivity contribution is 5.76. The molecule has 112 valence electrons. The molecule has 0 saturated carbocycles. The molecule has 1 amide bonds. The summed E-state index contributed by atoms with van der Waals surface area (Å²) in [5.41, 5.74) is 0. The van der Waals surface area contributed by atoms with Crippen molar-refractivity contribution in [1.29, 1.82) is 0 Å². The summed E-state index contributed by atoms with van der Waals surface area (Å²) in [4.78, 5) is 14.0. The number of methoxy groups -OCH3 is 2. The maximum Gasteiger partial charge on any atom is 0.222 e. The van der Waals surface area contributed by atoms with E-state index < -0.39 is 0 Å². The smallest absolute Gasteiger partial charge is 0.222 e. The Hall–Kier alpha value is -0.650. The first-order chi connectivity index (χ1) is 9.27. The largest absolute Gasteiger partial charge is 0.383 e. The van der Waals surface area contributed by atoms with Crippen LogP contribution in [-0.2, 0) is 19.0 Å². The average molecular weight is 273 g/mol. The summed E-state index contributed by atoms with van der Waals surface area (Å²) in [6.07, 6.45) is 3.77. The topological polar surface area (TPSA) is 48.0 Å². The van der Waals surface area contributed by atoms with E-state index in [0.717, 1.165) is 32.5 Å². The van der Waals surface area contributed by atoms with Gasteiger partial charge in [-0.1, -0.05) is 0 Å². The van der Waals surface area contributed by atoms with Gasteiger partial charge in [0.25, 0.3) is 0 Å². The Bertz CT molecular complexity index is 234. The molecule has 5 nitrogen and oxygen atoms in total. The van der Waals surface area contributed by atoms with Crippen molar-refractivity contribution in [3.8, 4) is 0 Å². The fourth-order valence-electron chi connectivity index (χ4n) is 2.28. The molecule has 0 bridgehead atoms. The minimum absolute atomic E-state index is 0.209. The third kappa shape index (κ3) is 6.89. The second kappa shape index (κ2) is 10.2. The van der Waals surface area contributed by atoms with E-state index in [2.05, 4.69) is 0 Å². The number of rotatable bonds is 9. The summed E-state index contributed by atoms with van der Waals surface area (Å²) in [7, 11) is 3.31. The van der Waals surface area contributed by atoms with Gasteiger partial charge in [-0.3, -0.25) is 4.79 Å². The summed E-state index contributed by atoms with van der Waals surface area (Å²) in [5.74, 6) is 0.852. The average Bonchev–Trinajstić information content (AvgIpc) is 2.46. The van der Waals surface area contributed by atoms with Crippen LogP contribution < -0.4 is 0 Å². The molecule has 1 fully saturated rings. The summed E-state index contributed by atoms with van der Waals surface area (Å²) in [6, 6.07) is 0. The predicted molar refractivity (Wildman–Crippen MR) is 73.1 cm³/mol. The Balaban J connectivity index is 2.28. The standard InChI is InChI=1S/C14H27NO4/c1-17-11-7-15(8-12-18-2)14(16)4-3-13-5-9-19-10-6-13/h13H,3-12H2,1-2H3. The van der Waals surface area contributed by atoms with Gasteiger partial charge in [0.1, 0.15) is 0 Å². The van der Waals surface area contributed by atoms with Crippen LogP contribution in [0.1, 0.15) is 25.7 Å². The molecule has 0 radical (unpaired) electrons. The van der Waals surface area contributed by atoms with Crippen molar-refractivity contribution in [1.82, 2.24) is 4.90 Å². The molecule has 0 atom stereocenters. The number of carbonyl (C=O) groups excluding carboxylic acids is 1. The summed E-state index contributed by atoms with van der Waals surface area (Å²) in [6.45, 7) is 4.13. The third-order valence-corrected chi connectivity index (χ3v) is 3.59. The maximum atomic E-state index is 12.2. The van der Waals surface area contributed by atoms with Crippen molar-refractivity contribution in [3.63, 3.8) is 0 Å². The maximum absolute atomic E-state index is 12.2. The fraction of sp³-hybridized carbons (Fsp3) is 0.929. The van der Waals surface area contributed by atoms with E-state index in [0.29, 0.717) is 38.6 Å². The van der Waals surface area contributed by atoms with Gasteiger partial charge in [-0.15, -0.1) is 0 Å². The van der Waals surface area contributed by atoms with Gasteiger partial charge in [0.2, 0.25) is 5.91 Å². The Morgan fingerprint density at radius 3 is 2.26 bits per heavy atom. The van der Waals surface area contributed by atoms with Crippen molar-refractivity contribution in [3.05, 3.63) is 0 Å². The summed E-state index contributed by atoms with van der Waals surface area (Å²) >= 11 is 0. The second-order valence-electron chi connectivity index (χ2n) is 4.96. The molecule has 0 unspecified atom stereocenters. The van der Waals surface area contributed by atoms with Crippen LogP contribution in [-0.4, -0.2) is 64.5 Å². The van der Waals surface area contributed by atoms with Crippen LogP contribution in [0.25, 0.3) is 0 Å². The number of amides is 1. The molecular formula is C14H27NO4. The van der Waals surface area contributed by atoms with Crippen molar-refractivity contribution in [2.24, 2.45) is 5.92 Å². The van der Waals surface area contributed by atoms with Crippen LogP contribution in [0.4, 0.5) is 0 Å². The van der Waals surface area contributed by atoms with E-state index in [-0.39, 0.29) is 5.91 Å². The Labute approximate surface area is 116 Å². The molecule has 0 N–H and O–H groups in total. The van der Waals surface area contributed by atoms with Crippen molar-refractivity contribution in [2.45, 2.75) is 25.7 Å². The van der Waals surface area contributed by atoms with Crippen molar-refractivity contribution < 1.29 is 19.0 Å². The first-order valence-corrected chi connectivity index (χ1v) is 7.11. The summed E-state index contributed by atoms with van der Waals surface area (Å²) < 4.78 is 15.4. The van der Waals surface area contributed by atoms with E-state index in [4.69, 9.17) is 14.2 Å². The lowest BCUT2D eigenvalue weighted by molar-refractivity contribution is -0.133. The summed E-state index contributed by atoms with van der Waals surface area (Å²) in [5, 5.41) is 0. The number of carbonyl (C=O) groups is 1. The van der Waals surface area contributed by atoms with E-state index in [1.165, 1.54) is 0 Å². The van der Waals surface area contributed by atoms with Gasteiger partial charge >= 0.3 is 0 Å². The zero-order valence-electron chi connectivity index (χ0n) is 12.2. The van der Waals surface area contributed by atoms with Crippen LogP contribution in [0.5, 0.6) is 0 Å². The highest BCUT2D eigenvalue weighted by atomic mass is 16.5. The fourth-order valence-corrected chi connectivity index (χ4v) is 2.28. The second-order valence-corrected chi connectivity index (χ2v) is 4.96. The van der Waals surface area contributed by atoms with E-state index in [1.807, 2.05) is 4.90 Å². The zero-order valence-corrected chi connectivity index (χ0v) is 12.2. The number of nitrogens with zero attached hydrogens (tertiary/aromatic N) is 1. The Morgan fingerprint density at radius 1 is 1.16 bits per heavy atom. The van der Waals surface area contributed by atoms with Gasteiger partial charge in [-0.2, -0.15) is 0 Å². The molecule has 1 aliphatic rings. The SMILES string of the molecule is COCCN(CCOC)C(=O)CCC1CCOCC1. The molecule has 1 saturated heterocycles. The lowest BCUT2D eigenvalue weighted by atomic mass is 9.95. The van der Waals surface area contributed by atoms with Crippen LogP contribution in [0.3, 0.4) is 0 Å². The van der Waals surface area contributed by atoms with Crippen LogP contribution in [0.15, 0.2) is 0 Å². The van der Waals surface area contributed by atoms with Crippen LogP contribution >= 0.6 is 0 Å². The normalized spacial score (nSPS) is 16.5. The third-order valence-electron chi connectivity index (χ3n) is 3.59.